The van der Waals surface area contributed by atoms with Crippen molar-refractivity contribution in [3.8, 4) is 5.82 Å². The number of rotatable bonds is 2. The summed E-state index contributed by atoms with van der Waals surface area (Å²) in [6, 6.07) is 6.52. The fourth-order valence-electron chi connectivity index (χ4n) is 1.27. The zero-order chi connectivity index (χ0) is 10.9. The van der Waals surface area contributed by atoms with E-state index in [1.165, 1.54) is 18.3 Å². The standard InChI is InChI=1S/C9H9N3O2S/c10-15(13,14)8-4-3-5-11-9(8)12-6-1-2-7-12/h1-7H,(H2,10,13,14). The van der Waals surface area contributed by atoms with E-state index in [-0.39, 0.29) is 4.90 Å². The molecule has 2 aromatic rings. The van der Waals surface area contributed by atoms with Gasteiger partial charge < -0.3 is 4.57 Å². The van der Waals surface area contributed by atoms with Crippen molar-refractivity contribution in [1.82, 2.24) is 9.55 Å². The number of hydrogen-bond acceptors (Lipinski definition) is 3. The molecule has 0 atom stereocenters. The van der Waals surface area contributed by atoms with Crippen LogP contribution in [0.3, 0.4) is 0 Å². The monoisotopic (exact) mass is 223 g/mol. The van der Waals surface area contributed by atoms with Crippen molar-refractivity contribution in [3.05, 3.63) is 42.9 Å². The Labute approximate surface area is 87.2 Å². The summed E-state index contributed by atoms with van der Waals surface area (Å²) in [6.45, 7) is 0. The average molecular weight is 223 g/mol. The van der Waals surface area contributed by atoms with Crippen LogP contribution in [0.2, 0.25) is 0 Å². The number of aromatic nitrogens is 2. The molecular weight excluding hydrogens is 214 g/mol. The predicted molar refractivity (Wildman–Crippen MR) is 54.9 cm³/mol. The summed E-state index contributed by atoms with van der Waals surface area (Å²) in [6.07, 6.45) is 4.93. The van der Waals surface area contributed by atoms with Crippen LogP contribution >= 0.6 is 0 Å². The molecule has 5 nitrogen and oxygen atoms in total. The van der Waals surface area contributed by atoms with Crippen molar-refractivity contribution in [1.29, 1.82) is 0 Å². The zero-order valence-corrected chi connectivity index (χ0v) is 8.55. The quantitative estimate of drug-likeness (QED) is 0.806. The number of pyridine rings is 1. The molecule has 0 saturated carbocycles. The second-order valence-corrected chi connectivity index (χ2v) is 4.49. The summed E-state index contributed by atoms with van der Waals surface area (Å²) in [5.74, 6) is 0.310. The lowest BCUT2D eigenvalue weighted by Gasteiger charge is -2.06. The van der Waals surface area contributed by atoms with Gasteiger partial charge in [0.15, 0.2) is 5.82 Å². The Morgan fingerprint density at radius 3 is 2.47 bits per heavy atom. The number of nitrogens with two attached hydrogens (primary N) is 1. The molecule has 0 unspecified atom stereocenters. The minimum Gasteiger partial charge on any atom is -0.308 e. The average Bonchev–Trinajstić information content (AvgIpc) is 2.69. The molecule has 0 aliphatic rings. The summed E-state index contributed by atoms with van der Waals surface area (Å²) in [7, 11) is -3.74. The Hall–Kier alpha value is -1.66. The van der Waals surface area contributed by atoms with E-state index < -0.39 is 10.0 Å². The molecule has 0 fully saturated rings. The van der Waals surface area contributed by atoms with Crippen LogP contribution in [0.5, 0.6) is 0 Å². The third kappa shape index (κ3) is 1.90. The number of nitrogens with zero attached hydrogens (tertiary/aromatic N) is 2. The Morgan fingerprint density at radius 2 is 1.87 bits per heavy atom. The van der Waals surface area contributed by atoms with Gasteiger partial charge in [-0.05, 0) is 24.3 Å². The van der Waals surface area contributed by atoms with Gasteiger partial charge in [0.25, 0.3) is 0 Å². The molecule has 2 rings (SSSR count). The summed E-state index contributed by atoms with van der Waals surface area (Å²) in [5, 5.41) is 5.08. The second-order valence-electron chi connectivity index (χ2n) is 2.96. The van der Waals surface area contributed by atoms with Crippen molar-refractivity contribution >= 4 is 10.0 Å². The van der Waals surface area contributed by atoms with E-state index in [0.717, 1.165) is 0 Å². The molecule has 0 radical (unpaired) electrons. The first kappa shape index (κ1) is 9.88. The van der Waals surface area contributed by atoms with Crippen molar-refractivity contribution in [2.24, 2.45) is 5.14 Å². The van der Waals surface area contributed by atoms with E-state index in [1.807, 2.05) is 0 Å². The molecule has 0 aromatic carbocycles. The number of hydrogen-bond donors (Lipinski definition) is 1. The molecule has 0 saturated heterocycles. The SMILES string of the molecule is NS(=O)(=O)c1cccnc1-n1cccc1. The molecule has 2 aromatic heterocycles. The van der Waals surface area contributed by atoms with E-state index in [1.54, 1.807) is 29.1 Å². The lowest BCUT2D eigenvalue weighted by Crippen LogP contribution is -2.15. The lowest BCUT2D eigenvalue weighted by atomic mass is 10.4. The van der Waals surface area contributed by atoms with Crippen LogP contribution in [-0.2, 0) is 10.0 Å². The van der Waals surface area contributed by atoms with Gasteiger partial charge in [-0.2, -0.15) is 0 Å². The first-order valence-corrected chi connectivity index (χ1v) is 5.75. The fraction of sp³-hybridized carbons (Fsp3) is 0. The first-order chi connectivity index (χ1) is 7.09. The molecule has 2 heterocycles. The van der Waals surface area contributed by atoms with Crippen LogP contribution in [0.15, 0.2) is 47.8 Å². The van der Waals surface area contributed by atoms with Crippen molar-refractivity contribution < 1.29 is 8.42 Å². The highest BCUT2D eigenvalue weighted by Gasteiger charge is 2.14. The van der Waals surface area contributed by atoms with Gasteiger partial charge >= 0.3 is 0 Å². The van der Waals surface area contributed by atoms with E-state index in [4.69, 9.17) is 5.14 Å². The third-order valence-electron chi connectivity index (χ3n) is 1.91. The molecule has 6 heteroatoms. The normalized spacial score (nSPS) is 11.5. The van der Waals surface area contributed by atoms with Gasteiger partial charge in [0.05, 0.1) is 0 Å². The van der Waals surface area contributed by atoms with Crippen LogP contribution < -0.4 is 5.14 Å². The highest BCUT2D eigenvalue weighted by molar-refractivity contribution is 7.89. The fourth-order valence-corrected chi connectivity index (χ4v) is 1.95. The Morgan fingerprint density at radius 1 is 1.20 bits per heavy atom. The molecule has 2 N–H and O–H groups in total. The van der Waals surface area contributed by atoms with E-state index >= 15 is 0 Å². The van der Waals surface area contributed by atoms with Gasteiger partial charge in [0, 0.05) is 18.6 Å². The van der Waals surface area contributed by atoms with Crippen LogP contribution in [0.4, 0.5) is 0 Å². The maximum absolute atomic E-state index is 11.3. The van der Waals surface area contributed by atoms with Gasteiger partial charge in [-0.3, -0.25) is 0 Å². The van der Waals surface area contributed by atoms with Crippen LogP contribution in [0, 0.1) is 0 Å². The Bertz CT molecular complexity index is 561. The largest absolute Gasteiger partial charge is 0.308 e. The highest BCUT2D eigenvalue weighted by atomic mass is 32.2. The van der Waals surface area contributed by atoms with E-state index in [0.29, 0.717) is 5.82 Å². The van der Waals surface area contributed by atoms with Gasteiger partial charge in [0.2, 0.25) is 10.0 Å². The van der Waals surface area contributed by atoms with Gasteiger partial charge in [0.1, 0.15) is 4.90 Å². The second kappa shape index (κ2) is 3.48. The van der Waals surface area contributed by atoms with Gasteiger partial charge in [-0.25, -0.2) is 18.5 Å². The summed E-state index contributed by atoms with van der Waals surface area (Å²) in [5.41, 5.74) is 0. The van der Waals surface area contributed by atoms with Crippen LogP contribution in [0.25, 0.3) is 5.82 Å². The lowest BCUT2D eigenvalue weighted by molar-refractivity contribution is 0.596. The smallest absolute Gasteiger partial charge is 0.241 e. The Kier molecular flexibility index (Phi) is 2.29. The molecular formula is C9H9N3O2S. The molecule has 15 heavy (non-hydrogen) atoms. The van der Waals surface area contributed by atoms with Crippen LogP contribution in [-0.4, -0.2) is 18.0 Å². The number of sulfonamides is 1. The van der Waals surface area contributed by atoms with E-state index in [9.17, 15) is 8.42 Å². The molecule has 78 valence electrons. The maximum Gasteiger partial charge on any atom is 0.241 e. The zero-order valence-electron chi connectivity index (χ0n) is 7.74. The summed E-state index contributed by atoms with van der Waals surface area (Å²) < 4.78 is 24.1. The van der Waals surface area contributed by atoms with Gasteiger partial charge in [-0.1, -0.05) is 0 Å². The van der Waals surface area contributed by atoms with Crippen LogP contribution in [0.1, 0.15) is 0 Å². The summed E-state index contributed by atoms with van der Waals surface area (Å²) >= 11 is 0. The summed E-state index contributed by atoms with van der Waals surface area (Å²) in [4.78, 5) is 4.01. The maximum atomic E-state index is 11.3. The molecule has 0 aliphatic heterocycles. The van der Waals surface area contributed by atoms with Crippen molar-refractivity contribution in [3.63, 3.8) is 0 Å². The molecule has 0 spiro atoms. The van der Waals surface area contributed by atoms with E-state index in [2.05, 4.69) is 4.98 Å². The molecule has 0 amide bonds. The van der Waals surface area contributed by atoms with Crippen molar-refractivity contribution in [2.75, 3.05) is 0 Å². The minimum atomic E-state index is -3.74. The Balaban J connectivity index is 2.68. The third-order valence-corrected chi connectivity index (χ3v) is 2.84. The predicted octanol–water partition coefficient (Wildman–Crippen LogP) is 0.520. The van der Waals surface area contributed by atoms with Crippen molar-refractivity contribution in [2.45, 2.75) is 4.90 Å². The molecule has 0 bridgehead atoms. The van der Waals surface area contributed by atoms with Gasteiger partial charge in [-0.15, -0.1) is 0 Å². The topological polar surface area (TPSA) is 78.0 Å². The minimum absolute atomic E-state index is 0.0150. The number of primary sulfonamides is 1. The molecule has 0 aliphatic carbocycles. The highest BCUT2D eigenvalue weighted by Crippen LogP contribution is 2.15. The first-order valence-electron chi connectivity index (χ1n) is 4.20.